The number of allylic oxidation sites excluding steroid dienone is 3. The Bertz CT molecular complexity index is 1500. The molecular weight excluding hydrogens is 586 g/mol. The third-order valence-corrected chi connectivity index (χ3v) is 9.29. The van der Waals surface area contributed by atoms with E-state index < -0.39 is 40.3 Å². The Hall–Kier alpha value is -3.84. The Morgan fingerprint density at radius 2 is 1.91 bits per heavy atom. The first-order chi connectivity index (χ1) is 21.0. The SMILES string of the molecule is CC(C)CN(C[C@@H](O)[C@H](CC1=CCCC=C1)NC(=O)[C@@H]1CN(c2cccc(C=O)c2)C(=O)O1)S(=O)(=O)c1ccc(CO)cc1. The van der Waals surface area contributed by atoms with Crippen molar-refractivity contribution in [3.63, 3.8) is 0 Å². The van der Waals surface area contributed by atoms with E-state index in [1.165, 1.54) is 39.5 Å². The van der Waals surface area contributed by atoms with Gasteiger partial charge in [0.2, 0.25) is 10.0 Å². The normalized spacial score (nSPS) is 18.2. The van der Waals surface area contributed by atoms with E-state index in [4.69, 9.17) is 4.74 Å². The van der Waals surface area contributed by atoms with Gasteiger partial charge in [0.1, 0.15) is 6.29 Å². The van der Waals surface area contributed by atoms with Crippen LogP contribution < -0.4 is 10.2 Å². The maximum atomic E-state index is 13.7. The molecule has 2 aliphatic rings. The van der Waals surface area contributed by atoms with Gasteiger partial charge in [0.05, 0.1) is 30.2 Å². The monoisotopic (exact) mass is 625 g/mol. The average Bonchev–Trinajstić information content (AvgIpc) is 3.42. The van der Waals surface area contributed by atoms with E-state index in [-0.39, 0.29) is 43.5 Å². The highest BCUT2D eigenvalue weighted by Gasteiger charge is 2.39. The molecule has 3 N–H and O–H groups in total. The fraction of sp³-hybridized carbons (Fsp3) is 0.406. The standard InChI is InChI=1S/C32H39N3O8S/c1-22(2)17-34(44(41,42)27-13-11-24(20-36)12-14-27)18-29(38)28(16-23-7-4-3-5-8-23)33-31(39)30-19-35(32(40)43-30)26-10-6-9-25(15-26)21-37/h4,6-15,21-22,28-30,36,38H,3,5,16-20H2,1-2H3,(H,33,39)/t28-,29+,30-/m0/s1. The number of aliphatic hydroxyl groups excluding tert-OH is 2. The first kappa shape index (κ1) is 33.1. The molecule has 11 nitrogen and oxygen atoms in total. The van der Waals surface area contributed by atoms with E-state index in [2.05, 4.69) is 5.32 Å². The minimum absolute atomic E-state index is 0.0256. The summed E-state index contributed by atoms with van der Waals surface area (Å²) in [6, 6.07) is 11.4. The summed E-state index contributed by atoms with van der Waals surface area (Å²) in [5.74, 6) is -0.693. The van der Waals surface area contributed by atoms with Gasteiger partial charge in [-0.25, -0.2) is 13.2 Å². The van der Waals surface area contributed by atoms with E-state index in [0.29, 0.717) is 23.1 Å². The van der Waals surface area contributed by atoms with E-state index in [1.807, 2.05) is 32.1 Å². The van der Waals surface area contributed by atoms with Crippen molar-refractivity contribution in [3.8, 4) is 0 Å². The third kappa shape index (κ3) is 8.20. The Labute approximate surface area is 257 Å². The van der Waals surface area contributed by atoms with Crippen LogP contribution in [0.1, 0.15) is 49.0 Å². The summed E-state index contributed by atoms with van der Waals surface area (Å²) in [4.78, 5) is 38.5. The summed E-state index contributed by atoms with van der Waals surface area (Å²) in [5, 5.41) is 23.7. The molecular formula is C32H39N3O8S. The number of amides is 2. The number of rotatable bonds is 14. The van der Waals surface area contributed by atoms with Crippen molar-refractivity contribution in [2.24, 2.45) is 5.92 Å². The van der Waals surface area contributed by atoms with Gasteiger partial charge in [0.15, 0.2) is 6.10 Å². The van der Waals surface area contributed by atoms with Gasteiger partial charge in [0.25, 0.3) is 5.91 Å². The van der Waals surface area contributed by atoms with Crippen molar-refractivity contribution in [2.45, 2.75) is 62.9 Å². The number of hydrogen-bond acceptors (Lipinski definition) is 8. The fourth-order valence-corrected chi connectivity index (χ4v) is 6.76. The van der Waals surface area contributed by atoms with Crippen LogP contribution in [0.4, 0.5) is 10.5 Å². The van der Waals surface area contributed by atoms with E-state index >= 15 is 0 Å². The van der Waals surface area contributed by atoms with Crippen LogP contribution in [0.2, 0.25) is 0 Å². The number of nitrogens with zero attached hydrogens (tertiary/aromatic N) is 2. The van der Waals surface area contributed by atoms with Crippen LogP contribution in [0.15, 0.2) is 77.2 Å². The second-order valence-corrected chi connectivity index (χ2v) is 13.3. The zero-order chi connectivity index (χ0) is 31.9. The van der Waals surface area contributed by atoms with Gasteiger partial charge in [-0.2, -0.15) is 4.31 Å². The summed E-state index contributed by atoms with van der Waals surface area (Å²) in [5.41, 5.74) is 2.23. The van der Waals surface area contributed by atoms with Crippen molar-refractivity contribution in [1.82, 2.24) is 9.62 Å². The summed E-state index contributed by atoms with van der Waals surface area (Å²) >= 11 is 0. The van der Waals surface area contributed by atoms with Crippen molar-refractivity contribution in [1.29, 1.82) is 0 Å². The lowest BCUT2D eigenvalue weighted by Crippen LogP contribution is -2.52. The quantitative estimate of drug-likeness (QED) is 0.271. The number of carbonyl (C=O) groups is 3. The summed E-state index contributed by atoms with van der Waals surface area (Å²) < 4.78 is 33.9. The van der Waals surface area contributed by atoms with E-state index in [9.17, 15) is 33.0 Å². The van der Waals surface area contributed by atoms with Crippen molar-refractivity contribution >= 4 is 34.0 Å². The van der Waals surface area contributed by atoms with Crippen LogP contribution in [-0.4, -0.2) is 79.1 Å². The van der Waals surface area contributed by atoms with Gasteiger partial charge in [-0.3, -0.25) is 14.5 Å². The minimum Gasteiger partial charge on any atom is -0.434 e. The zero-order valence-electron chi connectivity index (χ0n) is 24.8. The molecule has 0 bridgehead atoms. The number of anilines is 1. The van der Waals surface area contributed by atoms with E-state index in [0.717, 1.165) is 18.4 Å². The highest BCUT2D eigenvalue weighted by molar-refractivity contribution is 7.89. The Balaban J connectivity index is 1.54. The van der Waals surface area contributed by atoms with Gasteiger partial charge < -0.3 is 20.3 Å². The van der Waals surface area contributed by atoms with E-state index in [1.54, 1.807) is 18.2 Å². The molecule has 0 radical (unpaired) electrons. The molecule has 2 aromatic carbocycles. The number of sulfonamides is 1. The number of carbonyl (C=O) groups excluding carboxylic acids is 3. The number of nitrogens with one attached hydrogen (secondary N) is 1. The second-order valence-electron chi connectivity index (χ2n) is 11.4. The van der Waals surface area contributed by atoms with Crippen LogP contribution in [0.3, 0.4) is 0 Å². The molecule has 1 saturated heterocycles. The second kappa shape index (κ2) is 14.8. The summed E-state index contributed by atoms with van der Waals surface area (Å²) in [6.07, 6.45) is 5.24. The number of ether oxygens (including phenoxy) is 1. The van der Waals surface area contributed by atoms with Crippen molar-refractivity contribution in [2.75, 3.05) is 24.5 Å². The number of aliphatic hydroxyl groups is 2. The first-order valence-corrected chi connectivity index (χ1v) is 16.0. The zero-order valence-corrected chi connectivity index (χ0v) is 25.7. The lowest BCUT2D eigenvalue weighted by atomic mass is 9.96. The average molecular weight is 626 g/mol. The predicted molar refractivity (Wildman–Crippen MR) is 164 cm³/mol. The summed E-state index contributed by atoms with van der Waals surface area (Å²) in [6.45, 7) is 3.24. The Morgan fingerprint density at radius 1 is 1.16 bits per heavy atom. The van der Waals surface area contributed by atoms with Crippen LogP contribution in [0.25, 0.3) is 0 Å². The molecule has 44 heavy (non-hydrogen) atoms. The maximum Gasteiger partial charge on any atom is 0.415 e. The molecule has 2 aromatic rings. The van der Waals surface area contributed by atoms with Crippen molar-refractivity contribution in [3.05, 3.63) is 83.5 Å². The topological polar surface area (TPSA) is 154 Å². The maximum absolute atomic E-state index is 13.7. The van der Waals surface area contributed by atoms with Crippen LogP contribution in [0.5, 0.6) is 0 Å². The van der Waals surface area contributed by atoms with Gasteiger partial charge in [-0.1, -0.05) is 61.9 Å². The van der Waals surface area contributed by atoms with Crippen LogP contribution >= 0.6 is 0 Å². The predicted octanol–water partition coefficient (Wildman–Crippen LogP) is 3.18. The lowest BCUT2D eigenvalue weighted by molar-refractivity contribution is -0.129. The molecule has 4 rings (SSSR count). The van der Waals surface area contributed by atoms with Gasteiger partial charge in [-0.05, 0) is 55.0 Å². The largest absolute Gasteiger partial charge is 0.434 e. The fourth-order valence-electron chi connectivity index (χ4n) is 5.14. The molecule has 0 aromatic heterocycles. The molecule has 12 heteroatoms. The smallest absolute Gasteiger partial charge is 0.415 e. The lowest BCUT2D eigenvalue weighted by Gasteiger charge is -2.31. The molecule has 2 amide bonds. The van der Waals surface area contributed by atoms with Crippen molar-refractivity contribution < 1.29 is 37.8 Å². The number of aldehydes is 1. The van der Waals surface area contributed by atoms with Gasteiger partial charge >= 0.3 is 6.09 Å². The minimum atomic E-state index is -4.03. The molecule has 1 fully saturated rings. The highest BCUT2D eigenvalue weighted by Crippen LogP contribution is 2.25. The molecule has 3 atom stereocenters. The molecule has 1 heterocycles. The molecule has 1 aliphatic carbocycles. The summed E-state index contributed by atoms with van der Waals surface area (Å²) in [7, 11) is -4.03. The molecule has 236 valence electrons. The number of benzene rings is 2. The van der Waals surface area contributed by atoms with Gasteiger partial charge in [-0.15, -0.1) is 0 Å². The number of hydrogen-bond donors (Lipinski definition) is 3. The highest BCUT2D eigenvalue weighted by atomic mass is 32.2. The first-order valence-electron chi connectivity index (χ1n) is 14.6. The number of cyclic esters (lactones) is 1. The third-order valence-electron chi connectivity index (χ3n) is 7.44. The molecule has 0 saturated carbocycles. The molecule has 0 unspecified atom stereocenters. The molecule has 1 aliphatic heterocycles. The Kier molecular flexibility index (Phi) is 11.1. The van der Waals surface area contributed by atoms with Crippen LogP contribution in [0, 0.1) is 5.92 Å². The Morgan fingerprint density at radius 3 is 2.55 bits per heavy atom. The van der Waals surface area contributed by atoms with Gasteiger partial charge in [0, 0.05) is 24.3 Å². The molecule has 0 spiro atoms. The van der Waals surface area contributed by atoms with Crippen LogP contribution in [-0.2, 0) is 26.2 Å².